The summed E-state index contributed by atoms with van der Waals surface area (Å²) in [6, 6.07) is 6.95. The van der Waals surface area contributed by atoms with Gasteiger partial charge in [0.25, 0.3) is 0 Å². The van der Waals surface area contributed by atoms with Gasteiger partial charge in [-0.2, -0.15) is 0 Å². The van der Waals surface area contributed by atoms with Crippen LogP contribution in [-0.4, -0.2) is 56.7 Å². The Hall–Kier alpha value is -1.51. The summed E-state index contributed by atoms with van der Waals surface area (Å²) in [4.78, 5) is 29.8. The van der Waals surface area contributed by atoms with Crippen molar-refractivity contribution in [2.75, 3.05) is 6.54 Å². The summed E-state index contributed by atoms with van der Waals surface area (Å²) in [5, 5.41) is 0. The SMILES string of the molecule is O=C1c2ccccc2C(=O)N1CCc1c[n]([Tl])cn1. The Balaban J connectivity index is 1.77. The van der Waals surface area contributed by atoms with Crippen LogP contribution in [0.15, 0.2) is 36.8 Å². The van der Waals surface area contributed by atoms with Crippen LogP contribution in [0.5, 0.6) is 0 Å². The molecule has 19 heavy (non-hydrogen) atoms. The Morgan fingerprint density at radius 1 is 1.11 bits per heavy atom. The molecule has 1 aliphatic heterocycles. The molecule has 0 fully saturated rings. The van der Waals surface area contributed by atoms with Crippen LogP contribution in [0.4, 0.5) is 0 Å². The van der Waals surface area contributed by atoms with Gasteiger partial charge in [-0.05, 0) is 0 Å². The van der Waals surface area contributed by atoms with E-state index in [0.717, 1.165) is 5.69 Å². The summed E-state index contributed by atoms with van der Waals surface area (Å²) in [5.41, 5.74) is 1.92. The summed E-state index contributed by atoms with van der Waals surface area (Å²) in [6.07, 6.45) is 4.34. The van der Waals surface area contributed by atoms with E-state index in [0.29, 0.717) is 50.2 Å². The van der Waals surface area contributed by atoms with E-state index in [2.05, 4.69) is 4.98 Å². The molecule has 5 nitrogen and oxygen atoms in total. The van der Waals surface area contributed by atoms with Crippen molar-refractivity contribution in [3.05, 3.63) is 53.6 Å². The molecule has 3 rings (SSSR count). The third-order valence-electron chi connectivity index (χ3n) is 3.12. The predicted octanol–water partition coefficient (Wildman–Crippen LogP) is 0.653. The van der Waals surface area contributed by atoms with E-state index in [4.69, 9.17) is 0 Å². The Bertz CT molecular complexity index is 630. The van der Waals surface area contributed by atoms with E-state index in [1.807, 2.05) is 8.57 Å². The Morgan fingerprint density at radius 3 is 2.26 bits per heavy atom. The van der Waals surface area contributed by atoms with Crippen LogP contribution in [0.1, 0.15) is 26.4 Å². The van der Waals surface area contributed by atoms with Gasteiger partial charge in [0, 0.05) is 0 Å². The number of carbonyl (C=O) groups excluding carboxylic acids is 2. The molecule has 1 aliphatic rings. The standard InChI is InChI=1S/C13H10N3O2.Tl/c17-12-10-3-1-2-4-11(10)13(18)16(12)6-5-9-7-14-8-15-9;/h1-4,7-8H,5-6H2;/q-1;+1. The van der Waals surface area contributed by atoms with Crippen LogP contribution in [0.2, 0.25) is 0 Å². The summed E-state index contributed by atoms with van der Waals surface area (Å²) in [5.74, 6) is -0.402. The molecule has 0 N–H and O–H groups in total. The molecular formula is C13H10N3O2Tl. The second-order valence-corrected chi connectivity index (χ2v) is 6.69. The number of rotatable bonds is 3. The van der Waals surface area contributed by atoms with E-state index in [-0.39, 0.29) is 11.8 Å². The van der Waals surface area contributed by atoms with Crippen molar-refractivity contribution in [3.63, 3.8) is 0 Å². The second-order valence-electron chi connectivity index (χ2n) is 4.37. The zero-order valence-corrected chi connectivity index (χ0v) is 14.6. The van der Waals surface area contributed by atoms with Gasteiger partial charge in [0.05, 0.1) is 0 Å². The van der Waals surface area contributed by atoms with Gasteiger partial charge in [-0.25, -0.2) is 0 Å². The first-order valence-corrected chi connectivity index (χ1v) is 7.91. The zero-order chi connectivity index (χ0) is 13.4. The average Bonchev–Trinajstić information content (AvgIpc) is 2.93. The normalized spacial score (nSPS) is 13.9. The zero-order valence-electron chi connectivity index (χ0n) is 10.1. The molecule has 2 heterocycles. The van der Waals surface area contributed by atoms with Gasteiger partial charge < -0.3 is 0 Å². The first-order chi connectivity index (χ1) is 9.16. The van der Waals surface area contributed by atoms with Gasteiger partial charge in [-0.1, -0.05) is 0 Å². The molecule has 2 aromatic rings. The molecule has 0 aliphatic carbocycles. The van der Waals surface area contributed by atoms with Crippen LogP contribution in [0.3, 0.4) is 0 Å². The first kappa shape index (κ1) is 12.5. The van der Waals surface area contributed by atoms with E-state index >= 15 is 0 Å². The van der Waals surface area contributed by atoms with Gasteiger partial charge in [0.2, 0.25) is 0 Å². The summed E-state index contributed by atoms with van der Waals surface area (Å²) >= 11 is 0.686. The predicted molar refractivity (Wildman–Crippen MR) is 68.9 cm³/mol. The average molecular weight is 445 g/mol. The van der Waals surface area contributed by atoms with Crippen molar-refractivity contribution < 1.29 is 9.59 Å². The Labute approximate surface area is 126 Å². The molecule has 0 radical (unpaired) electrons. The van der Waals surface area contributed by atoms with Crippen LogP contribution in [0.25, 0.3) is 0 Å². The van der Waals surface area contributed by atoms with Crippen molar-refractivity contribution in [1.29, 1.82) is 0 Å². The number of imidazole rings is 1. The summed E-state index contributed by atoms with van der Waals surface area (Å²) in [6.45, 7) is 0.383. The summed E-state index contributed by atoms with van der Waals surface area (Å²) < 4.78 is 2.01. The Morgan fingerprint density at radius 2 is 1.74 bits per heavy atom. The molecule has 0 saturated carbocycles. The van der Waals surface area contributed by atoms with E-state index in [9.17, 15) is 9.59 Å². The van der Waals surface area contributed by atoms with Crippen molar-refractivity contribution in [2.24, 2.45) is 0 Å². The number of hydrogen-bond acceptors (Lipinski definition) is 3. The molecule has 1 aromatic carbocycles. The van der Waals surface area contributed by atoms with E-state index < -0.39 is 0 Å². The second kappa shape index (κ2) is 4.88. The number of imide groups is 1. The maximum atomic E-state index is 12.1. The number of amides is 2. The summed E-state index contributed by atoms with van der Waals surface area (Å²) in [7, 11) is 0. The topological polar surface area (TPSA) is 55.2 Å². The monoisotopic (exact) mass is 445 g/mol. The van der Waals surface area contributed by atoms with Crippen LogP contribution >= 0.6 is 0 Å². The van der Waals surface area contributed by atoms with Crippen molar-refractivity contribution in [2.45, 2.75) is 6.42 Å². The van der Waals surface area contributed by atoms with Gasteiger partial charge in [-0.15, -0.1) is 0 Å². The fraction of sp³-hybridized carbons (Fsp3) is 0.154. The fourth-order valence-electron chi connectivity index (χ4n) is 2.18. The first-order valence-electron chi connectivity index (χ1n) is 5.90. The van der Waals surface area contributed by atoms with Gasteiger partial charge >= 0.3 is 126 Å². The fourth-order valence-corrected chi connectivity index (χ4v) is 3.11. The van der Waals surface area contributed by atoms with Crippen LogP contribution in [-0.2, 0) is 6.42 Å². The van der Waals surface area contributed by atoms with Gasteiger partial charge in [-0.3, -0.25) is 0 Å². The molecule has 1 aromatic heterocycles. The number of aromatic nitrogens is 2. The molecule has 0 unspecified atom stereocenters. The third-order valence-corrected chi connectivity index (χ3v) is 4.22. The number of benzene rings is 1. The van der Waals surface area contributed by atoms with Gasteiger partial charge in [0.1, 0.15) is 0 Å². The Kier molecular flexibility index (Phi) is 3.21. The molecular weight excluding hydrogens is 435 g/mol. The molecule has 0 spiro atoms. The van der Waals surface area contributed by atoms with Crippen LogP contribution in [0, 0.1) is 0 Å². The maximum absolute atomic E-state index is 12.1. The molecule has 0 atom stereocenters. The minimum absolute atomic E-state index is 0.201. The molecule has 2 amide bonds. The van der Waals surface area contributed by atoms with E-state index in [1.54, 1.807) is 30.6 Å². The van der Waals surface area contributed by atoms with Crippen molar-refractivity contribution in [3.8, 4) is 0 Å². The molecule has 0 saturated heterocycles. The van der Waals surface area contributed by atoms with Gasteiger partial charge in [0.15, 0.2) is 0 Å². The number of nitrogens with zero attached hydrogens (tertiary/aromatic N) is 3. The van der Waals surface area contributed by atoms with E-state index in [1.165, 1.54) is 4.90 Å². The van der Waals surface area contributed by atoms with Crippen LogP contribution < -0.4 is 0 Å². The van der Waals surface area contributed by atoms with Crippen molar-refractivity contribution >= 4 is 37.9 Å². The quantitative estimate of drug-likeness (QED) is 0.516. The minimum atomic E-state index is -0.201. The molecule has 6 heteroatoms. The number of carbonyl (C=O) groups is 2. The third kappa shape index (κ3) is 2.22. The van der Waals surface area contributed by atoms with Crippen molar-refractivity contribution in [1.82, 2.24) is 12.3 Å². The molecule has 92 valence electrons. The number of fused-ring (bicyclic) bond motifs is 1. The molecule has 0 bridgehead atoms. The number of hydrogen-bond donors (Lipinski definition) is 0.